The molecule has 0 N–H and O–H groups in total. The van der Waals surface area contributed by atoms with Gasteiger partial charge in [0.05, 0.1) is 11.7 Å². The largest absolute Gasteiger partial charge is 0.371 e. The summed E-state index contributed by atoms with van der Waals surface area (Å²) in [6.07, 6.45) is 11.6. The predicted octanol–water partition coefficient (Wildman–Crippen LogP) is 4.29. The highest BCUT2D eigenvalue weighted by molar-refractivity contribution is 9.09. The summed E-state index contributed by atoms with van der Waals surface area (Å²) in [5.74, 6) is 0.855. The smallest absolute Gasteiger partial charge is 0.0755 e. The van der Waals surface area contributed by atoms with E-state index in [1.54, 1.807) is 0 Å². The Bertz CT molecular complexity index is 199. The summed E-state index contributed by atoms with van der Waals surface area (Å²) in [7, 11) is 0. The molecular weight excluding hydrogens is 252 g/mol. The van der Waals surface area contributed by atoms with Gasteiger partial charge in [-0.2, -0.15) is 0 Å². The van der Waals surface area contributed by atoms with Crippen molar-refractivity contribution in [2.24, 2.45) is 5.92 Å². The van der Waals surface area contributed by atoms with Gasteiger partial charge in [0.1, 0.15) is 0 Å². The van der Waals surface area contributed by atoms with Crippen molar-refractivity contribution in [1.29, 1.82) is 0 Å². The van der Waals surface area contributed by atoms with Gasteiger partial charge in [-0.1, -0.05) is 41.6 Å². The van der Waals surface area contributed by atoms with Crippen molar-refractivity contribution < 1.29 is 4.74 Å². The normalized spacial score (nSPS) is 39.2. The summed E-state index contributed by atoms with van der Waals surface area (Å²) >= 11 is 3.57. The fourth-order valence-electron chi connectivity index (χ4n) is 3.04. The lowest BCUT2D eigenvalue weighted by Crippen LogP contribution is -2.29. The molecule has 1 saturated heterocycles. The topological polar surface area (TPSA) is 9.23 Å². The third-order valence-electron chi connectivity index (χ3n) is 4.10. The first-order chi connectivity index (χ1) is 7.23. The number of alkyl halides is 1. The van der Waals surface area contributed by atoms with Crippen LogP contribution in [0.5, 0.6) is 0 Å². The van der Waals surface area contributed by atoms with Crippen LogP contribution in [0, 0.1) is 5.92 Å². The second kappa shape index (κ2) is 5.18. The lowest BCUT2D eigenvalue weighted by Gasteiger charge is -2.26. The van der Waals surface area contributed by atoms with Crippen LogP contribution in [0.4, 0.5) is 0 Å². The van der Waals surface area contributed by atoms with E-state index in [9.17, 15) is 0 Å². The molecule has 2 rings (SSSR count). The molecule has 0 amide bonds. The highest BCUT2D eigenvalue weighted by Gasteiger charge is 2.38. The number of hydrogen-bond donors (Lipinski definition) is 0. The molecule has 15 heavy (non-hydrogen) atoms. The van der Waals surface area contributed by atoms with Gasteiger partial charge in [0.15, 0.2) is 0 Å². The van der Waals surface area contributed by atoms with E-state index < -0.39 is 0 Å². The van der Waals surface area contributed by atoms with Crippen molar-refractivity contribution in [2.75, 3.05) is 5.33 Å². The fraction of sp³-hybridized carbons (Fsp3) is 1.00. The minimum Gasteiger partial charge on any atom is -0.371 e. The monoisotopic (exact) mass is 274 g/mol. The molecule has 0 radical (unpaired) electrons. The molecular formula is C13H23BrO. The van der Waals surface area contributed by atoms with Gasteiger partial charge in [0, 0.05) is 5.33 Å². The summed E-state index contributed by atoms with van der Waals surface area (Å²) in [5, 5.41) is 0.989. The van der Waals surface area contributed by atoms with Gasteiger partial charge in [-0.15, -0.1) is 0 Å². The van der Waals surface area contributed by atoms with E-state index in [-0.39, 0.29) is 5.60 Å². The summed E-state index contributed by atoms with van der Waals surface area (Å²) in [5.41, 5.74) is 0.122. The molecule has 2 atom stereocenters. The van der Waals surface area contributed by atoms with Crippen LogP contribution in [0.3, 0.4) is 0 Å². The van der Waals surface area contributed by atoms with Crippen LogP contribution in [-0.4, -0.2) is 17.0 Å². The van der Waals surface area contributed by atoms with Crippen LogP contribution in [0.25, 0.3) is 0 Å². The van der Waals surface area contributed by atoms with E-state index in [0.717, 1.165) is 11.2 Å². The second-order valence-electron chi connectivity index (χ2n) is 5.53. The molecule has 0 aromatic heterocycles. The number of halogens is 1. The zero-order valence-electron chi connectivity index (χ0n) is 9.80. The molecule has 1 nitrogen and oxygen atoms in total. The zero-order valence-corrected chi connectivity index (χ0v) is 11.4. The Morgan fingerprint density at radius 2 is 1.80 bits per heavy atom. The second-order valence-corrected chi connectivity index (χ2v) is 6.09. The first kappa shape index (κ1) is 11.9. The minimum absolute atomic E-state index is 0.122. The van der Waals surface area contributed by atoms with Gasteiger partial charge >= 0.3 is 0 Å². The van der Waals surface area contributed by atoms with Crippen LogP contribution >= 0.6 is 15.9 Å². The molecule has 2 fully saturated rings. The molecule has 0 spiro atoms. The zero-order chi connectivity index (χ0) is 10.7. The molecule has 0 aromatic carbocycles. The van der Waals surface area contributed by atoms with Crippen molar-refractivity contribution in [2.45, 2.75) is 70.0 Å². The molecule has 1 heterocycles. The fourth-order valence-corrected chi connectivity index (χ4v) is 3.46. The van der Waals surface area contributed by atoms with E-state index in [1.807, 2.05) is 0 Å². The van der Waals surface area contributed by atoms with Crippen LogP contribution in [0.1, 0.15) is 58.3 Å². The van der Waals surface area contributed by atoms with Gasteiger partial charge in [-0.3, -0.25) is 0 Å². The Morgan fingerprint density at radius 3 is 2.33 bits per heavy atom. The lowest BCUT2D eigenvalue weighted by molar-refractivity contribution is -0.0398. The van der Waals surface area contributed by atoms with Crippen molar-refractivity contribution in [1.82, 2.24) is 0 Å². The predicted molar refractivity (Wildman–Crippen MR) is 67.5 cm³/mol. The third kappa shape index (κ3) is 2.97. The summed E-state index contributed by atoms with van der Waals surface area (Å²) in [6.45, 7) is 2.25. The third-order valence-corrected chi connectivity index (χ3v) is 5.29. The van der Waals surface area contributed by atoms with E-state index in [0.29, 0.717) is 6.10 Å². The van der Waals surface area contributed by atoms with Crippen molar-refractivity contribution in [3.63, 3.8) is 0 Å². The van der Waals surface area contributed by atoms with Crippen LogP contribution in [-0.2, 0) is 4.74 Å². The summed E-state index contributed by atoms with van der Waals surface area (Å²) < 4.78 is 6.25. The average Bonchev–Trinajstić information content (AvgIpc) is 2.50. The molecule has 2 heteroatoms. The minimum atomic E-state index is 0.122. The number of rotatable bonds is 2. The number of hydrogen-bond acceptors (Lipinski definition) is 1. The van der Waals surface area contributed by atoms with Gasteiger partial charge in [-0.05, 0) is 38.5 Å². The maximum Gasteiger partial charge on any atom is 0.0755 e. The molecule has 2 aliphatic rings. The molecule has 1 aliphatic carbocycles. The van der Waals surface area contributed by atoms with Crippen molar-refractivity contribution in [3.8, 4) is 0 Å². The van der Waals surface area contributed by atoms with Crippen LogP contribution in [0.15, 0.2) is 0 Å². The van der Waals surface area contributed by atoms with Crippen molar-refractivity contribution >= 4 is 15.9 Å². The first-order valence-electron chi connectivity index (χ1n) is 6.47. The Kier molecular flexibility index (Phi) is 4.11. The average molecular weight is 275 g/mol. The Balaban J connectivity index is 1.88. The highest BCUT2D eigenvalue weighted by Crippen LogP contribution is 2.39. The van der Waals surface area contributed by atoms with E-state index in [4.69, 9.17) is 4.74 Å². The Labute approximate surface area is 102 Å². The molecule has 0 aromatic rings. The van der Waals surface area contributed by atoms with E-state index in [1.165, 1.54) is 51.4 Å². The van der Waals surface area contributed by atoms with Gasteiger partial charge in [-0.25, -0.2) is 0 Å². The van der Waals surface area contributed by atoms with E-state index in [2.05, 4.69) is 22.9 Å². The van der Waals surface area contributed by atoms with Crippen LogP contribution in [0.2, 0.25) is 0 Å². The first-order valence-corrected chi connectivity index (χ1v) is 7.59. The Morgan fingerprint density at radius 1 is 1.13 bits per heavy atom. The highest BCUT2D eigenvalue weighted by atomic mass is 79.9. The molecule has 1 saturated carbocycles. The van der Waals surface area contributed by atoms with Gasteiger partial charge in [0.25, 0.3) is 0 Å². The maximum absolute atomic E-state index is 6.25. The van der Waals surface area contributed by atoms with Gasteiger partial charge < -0.3 is 4.74 Å². The van der Waals surface area contributed by atoms with Gasteiger partial charge in [0.2, 0.25) is 0 Å². The molecule has 88 valence electrons. The Hall–Kier alpha value is 0.440. The lowest BCUT2D eigenvalue weighted by atomic mass is 9.92. The van der Waals surface area contributed by atoms with E-state index >= 15 is 0 Å². The SMILES string of the molecule is CC1(CBr)CCC(C2CCCCCC2)O1. The maximum atomic E-state index is 6.25. The van der Waals surface area contributed by atoms with Crippen molar-refractivity contribution in [3.05, 3.63) is 0 Å². The number of ether oxygens (including phenoxy) is 1. The molecule has 1 aliphatic heterocycles. The quantitative estimate of drug-likeness (QED) is 0.539. The molecule has 2 unspecified atom stereocenters. The summed E-state index contributed by atoms with van der Waals surface area (Å²) in [4.78, 5) is 0. The van der Waals surface area contributed by atoms with Crippen LogP contribution < -0.4 is 0 Å². The standard InChI is InChI=1S/C13H23BrO/c1-13(10-14)9-8-12(15-13)11-6-4-2-3-5-7-11/h11-12H,2-10H2,1H3. The summed E-state index contributed by atoms with van der Waals surface area (Å²) in [6, 6.07) is 0. The molecule has 0 bridgehead atoms.